The van der Waals surface area contributed by atoms with E-state index in [2.05, 4.69) is 4.98 Å². The Labute approximate surface area is 170 Å². The van der Waals surface area contributed by atoms with Gasteiger partial charge in [-0.15, -0.1) is 0 Å². The van der Waals surface area contributed by atoms with Crippen molar-refractivity contribution in [2.45, 2.75) is 63.2 Å². The molecule has 0 atom stereocenters. The molecule has 0 aliphatic heterocycles. The Morgan fingerprint density at radius 1 is 1.29 bits per heavy atom. The molecule has 1 fully saturated rings. The monoisotopic (exact) mass is 403 g/mol. The number of fused-ring (bicyclic) bond motifs is 1. The molecule has 2 aromatic rings. The zero-order valence-corrected chi connectivity index (χ0v) is 17.3. The molecule has 28 heavy (non-hydrogen) atoms. The summed E-state index contributed by atoms with van der Waals surface area (Å²) >= 11 is 1.32. The zero-order valence-electron chi connectivity index (χ0n) is 16.5. The number of aliphatic hydroxyl groups is 1. The van der Waals surface area contributed by atoms with Crippen molar-refractivity contribution < 1.29 is 9.90 Å². The third kappa shape index (κ3) is 4.75. The second-order valence-electron chi connectivity index (χ2n) is 7.21. The summed E-state index contributed by atoms with van der Waals surface area (Å²) in [5, 5.41) is 10.3. The van der Waals surface area contributed by atoms with Gasteiger partial charge < -0.3 is 10.0 Å². The van der Waals surface area contributed by atoms with Gasteiger partial charge in [0, 0.05) is 25.7 Å². The summed E-state index contributed by atoms with van der Waals surface area (Å²) in [6, 6.07) is 7.60. The first kappa shape index (κ1) is 20.9. The van der Waals surface area contributed by atoms with Gasteiger partial charge in [-0.1, -0.05) is 43.2 Å². The van der Waals surface area contributed by atoms with Crippen molar-refractivity contribution >= 4 is 28.6 Å². The van der Waals surface area contributed by atoms with Gasteiger partial charge in [0.05, 0.1) is 16.7 Å². The Morgan fingerprint density at radius 3 is 2.75 bits per heavy atom. The average Bonchev–Trinajstić information content (AvgIpc) is 2.73. The van der Waals surface area contributed by atoms with Crippen molar-refractivity contribution in [3.8, 4) is 0 Å². The molecule has 0 unspecified atom stereocenters. The van der Waals surface area contributed by atoms with Crippen LogP contribution in [-0.4, -0.2) is 50.4 Å². The van der Waals surface area contributed by atoms with Gasteiger partial charge >= 0.3 is 0 Å². The van der Waals surface area contributed by atoms with Gasteiger partial charge in [-0.3, -0.25) is 14.2 Å². The van der Waals surface area contributed by atoms with Crippen LogP contribution in [0.2, 0.25) is 0 Å². The Morgan fingerprint density at radius 2 is 2.04 bits per heavy atom. The summed E-state index contributed by atoms with van der Waals surface area (Å²) in [6.45, 7) is 3.15. The highest BCUT2D eigenvalue weighted by atomic mass is 32.2. The molecule has 1 aromatic carbocycles. The Hall–Kier alpha value is -1.86. The lowest BCUT2D eigenvalue weighted by molar-refractivity contribution is -0.131. The van der Waals surface area contributed by atoms with Crippen LogP contribution in [0, 0.1) is 0 Å². The second-order valence-corrected chi connectivity index (χ2v) is 8.15. The first-order chi connectivity index (χ1) is 13.7. The van der Waals surface area contributed by atoms with Crippen molar-refractivity contribution in [2.75, 3.05) is 18.9 Å². The summed E-state index contributed by atoms with van der Waals surface area (Å²) < 4.78 is 1.59. The number of aliphatic hydroxyl groups excluding tert-OH is 1. The molecule has 1 heterocycles. The zero-order chi connectivity index (χ0) is 19.9. The predicted molar refractivity (Wildman–Crippen MR) is 113 cm³/mol. The van der Waals surface area contributed by atoms with E-state index < -0.39 is 0 Å². The molecule has 152 valence electrons. The van der Waals surface area contributed by atoms with Crippen molar-refractivity contribution in [2.24, 2.45) is 0 Å². The molecule has 1 aliphatic rings. The van der Waals surface area contributed by atoms with Gasteiger partial charge in [-0.05, 0) is 38.3 Å². The van der Waals surface area contributed by atoms with Crippen LogP contribution in [0.15, 0.2) is 34.2 Å². The molecule has 0 bridgehead atoms. The number of para-hydroxylation sites is 1. The quantitative estimate of drug-likeness (QED) is 0.542. The number of rotatable bonds is 8. The number of carbonyl (C=O) groups excluding carboxylic acids is 1. The van der Waals surface area contributed by atoms with Crippen molar-refractivity contribution in [3.63, 3.8) is 0 Å². The Balaban J connectivity index is 1.80. The Bertz CT molecular complexity index is 862. The van der Waals surface area contributed by atoms with Gasteiger partial charge in [0.1, 0.15) is 0 Å². The molecule has 0 radical (unpaired) electrons. The largest absolute Gasteiger partial charge is 0.396 e. The minimum absolute atomic E-state index is 0.00754. The highest BCUT2D eigenvalue weighted by Crippen LogP contribution is 2.24. The molecular formula is C21H29N3O3S. The van der Waals surface area contributed by atoms with Crippen molar-refractivity contribution in [1.29, 1.82) is 0 Å². The van der Waals surface area contributed by atoms with E-state index in [1.54, 1.807) is 10.6 Å². The number of aromatic nitrogens is 2. The van der Waals surface area contributed by atoms with E-state index in [-0.39, 0.29) is 23.8 Å². The number of carbonyl (C=O) groups is 1. The van der Waals surface area contributed by atoms with Crippen LogP contribution >= 0.6 is 11.8 Å². The van der Waals surface area contributed by atoms with Gasteiger partial charge in [0.15, 0.2) is 5.16 Å². The number of nitrogens with zero attached hydrogens (tertiary/aromatic N) is 3. The number of amides is 1. The molecule has 0 spiro atoms. The molecule has 6 nitrogen and oxygen atoms in total. The van der Waals surface area contributed by atoms with Crippen LogP contribution < -0.4 is 5.56 Å². The number of hydrogen-bond acceptors (Lipinski definition) is 5. The second kappa shape index (κ2) is 10.1. The highest BCUT2D eigenvalue weighted by Gasteiger charge is 2.24. The van der Waals surface area contributed by atoms with Crippen LogP contribution in [0.5, 0.6) is 0 Å². The van der Waals surface area contributed by atoms with E-state index in [0.717, 1.165) is 12.8 Å². The molecular weight excluding hydrogens is 374 g/mol. The summed E-state index contributed by atoms with van der Waals surface area (Å²) in [5.74, 6) is 0.379. The maximum atomic E-state index is 12.9. The van der Waals surface area contributed by atoms with Crippen LogP contribution in [0.3, 0.4) is 0 Å². The first-order valence-corrected chi connectivity index (χ1v) is 11.2. The number of thioether (sulfide) groups is 1. The molecule has 7 heteroatoms. The number of hydrogen-bond donors (Lipinski definition) is 1. The fourth-order valence-corrected chi connectivity index (χ4v) is 4.84. The smallest absolute Gasteiger partial charge is 0.262 e. The minimum Gasteiger partial charge on any atom is -0.396 e. The summed E-state index contributed by atoms with van der Waals surface area (Å²) in [5.41, 5.74) is 0.524. The van der Waals surface area contributed by atoms with E-state index in [1.807, 2.05) is 30.0 Å². The van der Waals surface area contributed by atoms with Crippen LogP contribution in [0.1, 0.15) is 45.4 Å². The molecule has 3 rings (SSSR count). The average molecular weight is 404 g/mol. The van der Waals surface area contributed by atoms with Crippen LogP contribution in [-0.2, 0) is 11.3 Å². The predicted octanol–water partition coefficient (Wildman–Crippen LogP) is 3.05. The fraction of sp³-hybridized carbons (Fsp3) is 0.571. The van der Waals surface area contributed by atoms with Gasteiger partial charge in [0.25, 0.3) is 5.56 Å². The fourth-order valence-electron chi connectivity index (χ4n) is 3.92. The maximum Gasteiger partial charge on any atom is 0.262 e. The van der Waals surface area contributed by atoms with Crippen LogP contribution in [0.25, 0.3) is 10.9 Å². The molecule has 1 aliphatic carbocycles. The van der Waals surface area contributed by atoms with Crippen LogP contribution in [0.4, 0.5) is 0 Å². The normalized spacial score (nSPS) is 15.1. The van der Waals surface area contributed by atoms with E-state index in [0.29, 0.717) is 41.6 Å². The third-order valence-electron chi connectivity index (χ3n) is 5.37. The minimum atomic E-state index is -0.117. The lowest BCUT2D eigenvalue weighted by Gasteiger charge is -2.33. The van der Waals surface area contributed by atoms with E-state index in [4.69, 9.17) is 0 Å². The SMILES string of the molecule is CCN(C(=O)CSc1nc2ccccc2c(=O)n1CCCO)C1CCCCC1. The first-order valence-electron chi connectivity index (χ1n) is 10.2. The van der Waals surface area contributed by atoms with E-state index >= 15 is 0 Å². The van der Waals surface area contributed by atoms with Crippen molar-refractivity contribution in [1.82, 2.24) is 14.5 Å². The standard InChI is InChI=1S/C21H29N3O3S/c1-2-23(16-9-4-3-5-10-16)19(26)15-28-21-22-18-12-7-6-11-17(18)20(27)24(21)13-8-14-25/h6-7,11-12,16,25H,2-5,8-10,13-15H2,1H3. The topological polar surface area (TPSA) is 75.4 Å². The van der Waals surface area contributed by atoms with E-state index in [1.165, 1.54) is 31.0 Å². The van der Waals surface area contributed by atoms with Gasteiger partial charge in [-0.25, -0.2) is 4.98 Å². The lowest BCUT2D eigenvalue weighted by Crippen LogP contribution is -2.42. The lowest BCUT2D eigenvalue weighted by atomic mass is 9.94. The van der Waals surface area contributed by atoms with E-state index in [9.17, 15) is 14.7 Å². The highest BCUT2D eigenvalue weighted by molar-refractivity contribution is 7.99. The third-order valence-corrected chi connectivity index (χ3v) is 6.33. The molecule has 1 N–H and O–H groups in total. The summed E-state index contributed by atoms with van der Waals surface area (Å²) in [6.07, 6.45) is 6.28. The molecule has 1 aromatic heterocycles. The molecule has 1 saturated carbocycles. The number of benzene rings is 1. The summed E-state index contributed by atoms with van der Waals surface area (Å²) in [7, 11) is 0. The Kier molecular flexibility index (Phi) is 7.50. The molecule has 0 saturated heterocycles. The maximum absolute atomic E-state index is 12.9. The summed E-state index contributed by atoms with van der Waals surface area (Å²) in [4.78, 5) is 32.4. The molecule has 1 amide bonds. The van der Waals surface area contributed by atoms with Crippen molar-refractivity contribution in [3.05, 3.63) is 34.6 Å². The van der Waals surface area contributed by atoms with Gasteiger partial charge in [-0.2, -0.15) is 0 Å². The van der Waals surface area contributed by atoms with Gasteiger partial charge in [0.2, 0.25) is 5.91 Å².